The maximum absolute atomic E-state index is 10.6. The average molecular weight is 238 g/mol. The third-order valence-electron chi connectivity index (χ3n) is 2.43. The molecule has 0 bridgehead atoms. The molecule has 0 saturated carbocycles. The maximum Gasteiger partial charge on any atom is 0.303 e. The Balaban J connectivity index is 2.80. The van der Waals surface area contributed by atoms with Gasteiger partial charge in [0.15, 0.2) is 0 Å². The van der Waals surface area contributed by atoms with E-state index in [0.717, 1.165) is 5.56 Å². The van der Waals surface area contributed by atoms with Crippen LogP contribution in [0.25, 0.3) is 0 Å². The van der Waals surface area contributed by atoms with Crippen LogP contribution in [-0.4, -0.2) is 24.0 Å². The second-order valence-corrected chi connectivity index (χ2v) is 4.21. The number of aryl methyl sites for hydroxylation is 1. The fraction of sp³-hybridized carbons (Fsp3) is 0.462. The first-order valence-corrected chi connectivity index (χ1v) is 5.48. The van der Waals surface area contributed by atoms with Gasteiger partial charge in [0.25, 0.3) is 0 Å². The summed E-state index contributed by atoms with van der Waals surface area (Å²) in [6, 6.07) is 7.40. The van der Waals surface area contributed by atoms with E-state index >= 15 is 0 Å². The summed E-state index contributed by atoms with van der Waals surface area (Å²) in [7, 11) is 1.57. The number of methoxy groups -OCH3 is 1. The van der Waals surface area contributed by atoms with Crippen molar-refractivity contribution >= 4 is 5.97 Å². The van der Waals surface area contributed by atoms with E-state index in [1.807, 2.05) is 24.3 Å². The van der Waals surface area contributed by atoms with Gasteiger partial charge >= 0.3 is 5.97 Å². The van der Waals surface area contributed by atoms with Gasteiger partial charge in [0.05, 0.1) is 0 Å². The van der Waals surface area contributed by atoms with Crippen molar-refractivity contribution in [3.05, 3.63) is 29.8 Å². The van der Waals surface area contributed by atoms with Crippen LogP contribution in [0.1, 0.15) is 25.8 Å². The molecule has 0 atom stereocenters. The first kappa shape index (κ1) is 13.5. The monoisotopic (exact) mass is 238 g/mol. The topological polar surface area (TPSA) is 55.8 Å². The summed E-state index contributed by atoms with van der Waals surface area (Å²) in [5.41, 5.74) is 0.875. The fourth-order valence-corrected chi connectivity index (χ4v) is 1.36. The zero-order valence-corrected chi connectivity index (χ0v) is 10.4. The predicted molar refractivity (Wildman–Crippen MR) is 64.1 cm³/mol. The van der Waals surface area contributed by atoms with Crippen molar-refractivity contribution in [3.8, 4) is 5.75 Å². The zero-order valence-electron chi connectivity index (χ0n) is 10.4. The Morgan fingerprint density at radius 1 is 1.35 bits per heavy atom. The van der Waals surface area contributed by atoms with Gasteiger partial charge in [0.1, 0.15) is 5.75 Å². The predicted octanol–water partition coefficient (Wildman–Crippen LogP) is 2.47. The van der Waals surface area contributed by atoms with E-state index in [-0.39, 0.29) is 6.42 Å². The highest BCUT2D eigenvalue weighted by Crippen LogP contribution is 2.24. The van der Waals surface area contributed by atoms with E-state index in [0.29, 0.717) is 12.2 Å². The highest BCUT2D eigenvalue weighted by atomic mass is 16.7. The lowest BCUT2D eigenvalue weighted by molar-refractivity contribution is -0.137. The van der Waals surface area contributed by atoms with Crippen LogP contribution in [0.15, 0.2) is 24.3 Å². The number of para-hydroxylation sites is 1. The van der Waals surface area contributed by atoms with Crippen molar-refractivity contribution in [2.24, 2.45) is 0 Å². The molecule has 1 rings (SSSR count). The number of carboxylic acids is 1. The summed E-state index contributed by atoms with van der Waals surface area (Å²) >= 11 is 0. The summed E-state index contributed by atoms with van der Waals surface area (Å²) in [5.74, 6) is -0.870. The maximum atomic E-state index is 10.6. The molecule has 0 aliphatic heterocycles. The third kappa shape index (κ3) is 4.44. The van der Waals surface area contributed by atoms with Crippen molar-refractivity contribution in [1.82, 2.24) is 0 Å². The zero-order chi connectivity index (χ0) is 12.9. The van der Waals surface area contributed by atoms with Crippen molar-refractivity contribution in [2.45, 2.75) is 32.5 Å². The lowest BCUT2D eigenvalue weighted by Gasteiger charge is -2.25. The first-order valence-electron chi connectivity index (χ1n) is 5.48. The minimum Gasteiger partial charge on any atom is -0.481 e. The van der Waals surface area contributed by atoms with Crippen LogP contribution in [0.5, 0.6) is 5.75 Å². The molecule has 1 N–H and O–H groups in total. The number of carboxylic acid groups (broad SMARTS) is 1. The van der Waals surface area contributed by atoms with Crippen LogP contribution in [0.3, 0.4) is 0 Å². The Bertz CT molecular complexity index is 385. The quantitative estimate of drug-likeness (QED) is 0.773. The van der Waals surface area contributed by atoms with Crippen LogP contribution < -0.4 is 4.74 Å². The van der Waals surface area contributed by atoms with Gasteiger partial charge in [-0.1, -0.05) is 18.2 Å². The highest BCUT2D eigenvalue weighted by Gasteiger charge is 2.19. The molecular formula is C13H18O4. The molecule has 17 heavy (non-hydrogen) atoms. The molecule has 0 aromatic heterocycles. The lowest BCUT2D eigenvalue weighted by atomic mass is 10.1. The molecule has 0 aliphatic rings. The van der Waals surface area contributed by atoms with Crippen molar-refractivity contribution in [2.75, 3.05) is 7.11 Å². The Morgan fingerprint density at radius 2 is 2.00 bits per heavy atom. The molecule has 1 aromatic carbocycles. The Morgan fingerprint density at radius 3 is 2.59 bits per heavy atom. The van der Waals surface area contributed by atoms with Gasteiger partial charge in [-0.3, -0.25) is 4.79 Å². The lowest BCUT2D eigenvalue weighted by Crippen LogP contribution is -2.30. The Labute approximate surface area is 101 Å². The highest BCUT2D eigenvalue weighted by molar-refractivity contribution is 5.67. The molecule has 0 fully saturated rings. The largest absolute Gasteiger partial charge is 0.481 e. The fourth-order valence-electron chi connectivity index (χ4n) is 1.36. The van der Waals surface area contributed by atoms with E-state index in [1.165, 1.54) is 0 Å². The summed E-state index contributed by atoms with van der Waals surface area (Å²) in [6.45, 7) is 3.61. The molecule has 4 nitrogen and oxygen atoms in total. The number of ether oxygens (including phenoxy) is 2. The number of benzene rings is 1. The van der Waals surface area contributed by atoms with E-state index in [2.05, 4.69) is 0 Å². The van der Waals surface area contributed by atoms with E-state index < -0.39 is 11.8 Å². The van der Waals surface area contributed by atoms with Crippen LogP contribution in [0.2, 0.25) is 0 Å². The van der Waals surface area contributed by atoms with Crippen LogP contribution >= 0.6 is 0 Å². The summed E-state index contributed by atoms with van der Waals surface area (Å²) in [5, 5.41) is 8.68. The third-order valence-corrected chi connectivity index (χ3v) is 2.43. The number of hydrogen-bond acceptors (Lipinski definition) is 3. The van der Waals surface area contributed by atoms with Gasteiger partial charge in [-0.2, -0.15) is 0 Å². The standard InChI is InChI=1S/C13H18O4/c1-13(2,16-3)17-11-7-5-4-6-10(11)8-9-12(14)15/h4-7H,8-9H2,1-3H3,(H,14,15). The molecule has 0 heterocycles. The molecule has 0 spiro atoms. The minimum atomic E-state index is -0.814. The van der Waals surface area contributed by atoms with Gasteiger partial charge < -0.3 is 14.6 Å². The molecule has 94 valence electrons. The number of aliphatic carboxylic acids is 1. The van der Waals surface area contributed by atoms with Gasteiger partial charge in [0, 0.05) is 27.4 Å². The first-order chi connectivity index (χ1) is 7.94. The van der Waals surface area contributed by atoms with Crippen molar-refractivity contribution < 1.29 is 19.4 Å². The minimum absolute atomic E-state index is 0.0911. The van der Waals surface area contributed by atoms with Gasteiger partial charge in [-0.25, -0.2) is 0 Å². The molecule has 0 unspecified atom stereocenters. The van der Waals surface area contributed by atoms with Gasteiger partial charge in [-0.05, 0) is 18.1 Å². The normalized spacial score (nSPS) is 11.2. The molecule has 4 heteroatoms. The second kappa shape index (κ2) is 5.68. The average Bonchev–Trinajstić information content (AvgIpc) is 2.27. The van der Waals surface area contributed by atoms with E-state index in [4.69, 9.17) is 14.6 Å². The van der Waals surface area contributed by atoms with E-state index in [1.54, 1.807) is 21.0 Å². The smallest absolute Gasteiger partial charge is 0.303 e. The summed E-state index contributed by atoms with van der Waals surface area (Å²) in [6.07, 6.45) is 0.541. The summed E-state index contributed by atoms with van der Waals surface area (Å²) in [4.78, 5) is 10.6. The van der Waals surface area contributed by atoms with Crippen LogP contribution in [0, 0.1) is 0 Å². The molecule has 0 aliphatic carbocycles. The SMILES string of the molecule is COC(C)(C)Oc1ccccc1CCC(=O)O. The van der Waals surface area contributed by atoms with Crippen LogP contribution in [0.4, 0.5) is 0 Å². The van der Waals surface area contributed by atoms with Gasteiger partial charge in [0.2, 0.25) is 5.79 Å². The number of rotatable bonds is 6. The number of carbonyl (C=O) groups is 1. The van der Waals surface area contributed by atoms with Crippen molar-refractivity contribution in [1.29, 1.82) is 0 Å². The molecule has 0 saturated heterocycles. The molecular weight excluding hydrogens is 220 g/mol. The van der Waals surface area contributed by atoms with Crippen LogP contribution in [-0.2, 0) is 16.0 Å². The van der Waals surface area contributed by atoms with E-state index in [9.17, 15) is 4.79 Å². The summed E-state index contributed by atoms with van der Waals surface area (Å²) < 4.78 is 10.9. The molecule has 1 aromatic rings. The molecule has 0 amide bonds. The molecule has 0 radical (unpaired) electrons. The van der Waals surface area contributed by atoms with Crippen molar-refractivity contribution in [3.63, 3.8) is 0 Å². The number of hydrogen-bond donors (Lipinski definition) is 1. The Kier molecular flexibility index (Phi) is 4.52. The second-order valence-electron chi connectivity index (χ2n) is 4.21. The Hall–Kier alpha value is -1.55. The van der Waals surface area contributed by atoms with Gasteiger partial charge in [-0.15, -0.1) is 0 Å².